The fourth-order valence-corrected chi connectivity index (χ4v) is 4.83. The number of rotatable bonds is 6. The van der Waals surface area contributed by atoms with Crippen molar-refractivity contribution in [3.63, 3.8) is 0 Å². The lowest BCUT2D eigenvalue weighted by atomic mass is 9.82. The van der Waals surface area contributed by atoms with E-state index in [1.165, 1.54) is 30.3 Å². The summed E-state index contributed by atoms with van der Waals surface area (Å²) in [5.41, 5.74) is 0.497. The van der Waals surface area contributed by atoms with Gasteiger partial charge in [0.25, 0.3) is 5.91 Å². The molecule has 1 saturated heterocycles. The Morgan fingerprint density at radius 3 is 2.43 bits per heavy atom. The zero-order valence-electron chi connectivity index (χ0n) is 24.1. The van der Waals surface area contributed by atoms with Crippen LogP contribution in [-0.4, -0.2) is 42.2 Å². The molecule has 3 aromatic rings. The molecule has 42 heavy (non-hydrogen) atoms. The minimum absolute atomic E-state index is 0.0232. The molecule has 0 aliphatic carbocycles. The Labute approximate surface area is 248 Å². The molecule has 2 amide bonds. The normalized spacial score (nSPS) is 16.9. The van der Waals surface area contributed by atoms with Gasteiger partial charge in [-0.2, -0.15) is 13.2 Å². The molecule has 1 aliphatic heterocycles. The van der Waals surface area contributed by atoms with Crippen molar-refractivity contribution in [1.82, 2.24) is 10.3 Å². The predicted octanol–water partition coefficient (Wildman–Crippen LogP) is 7.28. The third kappa shape index (κ3) is 7.04. The van der Waals surface area contributed by atoms with Crippen molar-refractivity contribution in [2.45, 2.75) is 58.7 Å². The highest BCUT2D eigenvalue weighted by Gasteiger charge is 2.45. The van der Waals surface area contributed by atoms with Gasteiger partial charge in [-0.1, -0.05) is 64.4 Å². The molecule has 1 fully saturated rings. The van der Waals surface area contributed by atoms with Gasteiger partial charge in [0.15, 0.2) is 0 Å². The number of nitrogens with zero attached hydrogens (tertiary/aromatic N) is 2. The van der Waals surface area contributed by atoms with E-state index in [1.54, 1.807) is 12.1 Å². The second-order valence-electron chi connectivity index (χ2n) is 12.0. The second-order valence-corrected chi connectivity index (χ2v) is 12.4. The molecule has 0 radical (unpaired) electrons. The van der Waals surface area contributed by atoms with Crippen molar-refractivity contribution in [1.29, 1.82) is 0 Å². The summed E-state index contributed by atoms with van der Waals surface area (Å²) in [5, 5.41) is 6.25. The van der Waals surface area contributed by atoms with Crippen LogP contribution in [-0.2, 0) is 10.2 Å². The molecule has 0 saturated carbocycles. The minimum Gasteiger partial charge on any atom is -0.489 e. The van der Waals surface area contributed by atoms with Crippen LogP contribution >= 0.6 is 11.6 Å². The van der Waals surface area contributed by atoms with Crippen LogP contribution in [0, 0.1) is 5.41 Å². The van der Waals surface area contributed by atoms with Gasteiger partial charge in [0, 0.05) is 18.2 Å². The Morgan fingerprint density at radius 1 is 1.10 bits per heavy atom. The first-order valence-corrected chi connectivity index (χ1v) is 13.9. The van der Waals surface area contributed by atoms with E-state index in [-0.39, 0.29) is 44.7 Å². The number of amides is 2. The molecule has 224 valence electrons. The third-order valence-electron chi connectivity index (χ3n) is 7.18. The number of anilines is 3. The molecule has 1 atom stereocenters. The lowest BCUT2D eigenvalue weighted by molar-refractivity contribution is -0.169. The average Bonchev–Trinajstić information content (AvgIpc) is 2.90. The fourth-order valence-electron chi connectivity index (χ4n) is 4.72. The minimum atomic E-state index is -5.22. The number of para-hydroxylation sites is 2. The van der Waals surface area contributed by atoms with Crippen molar-refractivity contribution in [2.75, 3.05) is 23.3 Å². The average molecular weight is 603 g/mol. The smallest absolute Gasteiger partial charge is 0.472 e. The Hall–Kier alpha value is -3.63. The maximum absolute atomic E-state index is 13.8. The molecule has 0 spiro atoms. The van der Waals surface area contributed by atoms with Crippen LogP contribution in [0.1, 0.15) is 57.0 Å². The number of alkyl halides is 3. The van der Waals surface area contributed by atoms with Crippen LogP contribution in [0.25, 0.3) is 0 Å². The molecule has 0 bridgehead atoms. The number of aromatic nitrogens is 1. The van der Waals surface area contributed by atoms with Gasteiger partial charge in [0.1, 0.15) is 17.7 Å². The molecule has 1 aliphatic rings. The lowest BCUT2D eigenvalue weighted by Crippen LogP contribution is -2.49. The monoisotopic (exact) mass is 602 g/mol. The van der Waals surface area contributed by atoms with E-state index >= 15 is 0 Å². The standard InChI is InChI=1S/C31H34ClF3N4O3/c1-29(2,3)19-10-12-21(24(16-19)42-25-14-15-36-18-30(25,4)5)27(40)38-22-8-6-7-9-23(22)39(28(41)31(33,34)35)26-13-11-20(32)17-37-26/h6-13,16-17,25,36H,14-15,18H2,1-5H3,(H,38,40). The summed E-state index contributed by atoms with van der Waals surface area (Å²) in [4.78, 5) is 30.7. The van der Waals surface area contributed by atoms with E-state index in [9.17, 15) is 22.8 Å². The molecule has 11 heteroatoms. The highest BCUT2D eigenvalue weighted by molar-refractivity contribution is 6.30. The lowest BCUT2D eigenvalue weighted by Gasteiger charge is -2.39. The van der Waals surface area contributed by atoms with Crippen LogP contribution in [0.15, 0.2) is 60.8 Å². The maximum atomic E-state index is 13.8. The summed E-state index contributed by atoms with van der Waals surface area (Å²) in [5.74, 6) is -2.71. The van der Waals surface area contributed by atoms with E-state index in [0.29, 0.717) is 10.6 Å². The molecular weight excluding hydrogens is 569 g/mol. The molecular formula is C31H34ClF3N4O3. The first kappa shape index (κ1) is 31.3. The van der Waals surface area contributed by atoms with Gasteiger partial charge in [-0.25, -0.2) is 4.98 Å². The van der Waals surface area contributed by atoms with Crippen LogP contribution in [0.4, 0.5) is 30.4 Å². The van der Waals surface area contributed by atoms with E-state index in [4.69, 9.17) is 16.3 Å². The molecule has 2 N–H and O–H groups in total. The Kier molecular flexibility index (Phi) is 8.89. The Bertz CT molecular complexity index is 1450. The summed E-state index contributed by atoms with van der Waals surface area (Å²) in [6, 6.07) is 13.6. The first-order valence-electron chi connectivity index (χ1n) is 13.5. The summed E-state index contributed by atoms with van der Waals surface area (Å²) in [6.07, 6.45) is -3.52. The predicted molar refractivity (Wildman–Crippen MR) is 158 cm³/mol. The van der Waals surface area contributed by atoms with E-state index in [2.05, 4.69) is 29.5 Å². The molecule has 2 aromatic carbocycles. The fraction of sp³-hybridized carbons (Fsp3) is 0.387. The van der Waals surface area contributed by atoms with Crippen molar-refractivity contribution in [3.8, 4) is 5.75 Å². The first-order chi connectivity index (χ1) is 19.6. The zero-order chi connectivity index (χ0) is 30.9. The van der Waals surface area contributed by atoms with Crippen molar-refractivity contribution >= 4 is 40.6 Å². The Balaban J connectivity index is 1.75. The highest BCUT2D eigenvalue weighted by Crippen LogP contribution is 2.37. The summed E-state index contributed by atoms with van der Waals surface area (Å²) >= 11 is 5.88. The topological polar surface area (TPSA) is 83.6 Å². The Morgan fingerprint density at radius 2 is 1.81 bits per heavy atom. The number of carbonyl (C=O) groups is 2. The van der Waals surface area contributed by atoms with E-state index in [1.807, 2.05) is 32.9 Å². The SMILES string of the molecule is CC(C)(C)c1ccc(C(=O)Nc2ccccc2N(C(=O)C(F)(F)F)c2ccc(Cl)cn2)c(OC2CCNCC2(C)C)c1. The summed E-state index contributed by atoms with van der Waals surface area (Å²) in [6.45, 7) is 11.8. The largest absolute Gasteiger partial charge is 0.489 e. The number of pyridine rings is 1. The van der Waals surface area contributed by atoms with Crippen LogP contribution in [0.2, 0.25) is 5.02 Å². The molecule has 1 unspecified atom stereocenters. The van der Waals surface area contributed by atoms with E-state index < -0.39 is 18.0 Å². The van der Waals surface area contributed by atoms with Gasteiger partial charge in [0.2, 0.25) is 0 Å². The number of ether oxygens (including phenoxy) is 1. The van der Waals surface area contributed by atoms with Crippen molar-refractivity contribution in [2.24, 2.45) is 5.41 Å². The van der Waals surface area contributed by atoms with Gasteiger partial charge in [-0.05, 0) is 60.3 Å². The number of carbonyl (C=O) groups excluding carboxylic acids is 2. The number of piperidine rings is 1. The summed E-state index contributed by atoms with van der Waals surface area (Å²) < 4.78 is 47.7. The zero-order valence-corrected chi connectivity index (χ0v) is 24.9. The number of benzene rings is 2. The molecule has 2 heterocycles. The third-order valence-corrected chi connectivity index (χ3v) is 7.40. The second kappa shape index (κ2) is 11.9. The van der Waals surface area contributed by atoms with Crippen LogP contribution in [0.5, 0.6) is 5.75 Å². The quantitative estimate of drug-likeness (QED) is 0.310. The molecule has 7 nitrogen and oxygen atoms in total. The number of halogens is 4. The number of nitrogens with one attached hydrogen (secondary N) is 2. The number of hydrogen-bond acceptors (Lipinski definition) is 5. The molecule has 1 aromatic heterocycles. The van der Waals surface area contributed by atoms with Gasteiger partial charge in [-0.15, -0.1) is 0 Å². The summed E-state index contributed by atoms with van der Waals surface area (Å²) in [7, 11) is 0. The van der Waals surface area contributed by atoms with Gasteiger partial charge < -0.3 is 15.4 Å². The maximum Gasteiger partial charge on any atom is 0.472 e. The van der Waals surface area contributed by atoms with Gasteiger partial charge in [-0.3, -0.25) is 14.5 Å². The van der Waals surface area contributed by atoms with Crippen molar-refractivity contribution < 1.29 is 27.5 Å². The van der Waals surface area contributed by atoms with Crippen molar-refractivity contribution in [3.05, 3.63) is 76.9 Å². The van der Waals surface area contributed by atoms with Gasteiger partial charge in [0.05, 0.1) is 22.0 Å². The van der Waals surface area contributed by atoms with Crippen LogP contribution in [0.3, 0.4) is 0 Å². The molecule has 4 rings (SSSR count). The van der Waals surface area contributed by atoms with Crippen LogP contribution < -0.4 is 20.3 Å². The van der Waals surface area contributed by atoms with E-state index in [0.717, 1.165) is 31.3 Å². The highest BCUT2D eigenvalue weighted by atomic mass is 35.5. The number of hydrogen-bond donors (Lipinski definition) is 2. The van der Waals surface area contributed by atoms with Gasteiger partial charge >= 0.3 is 12.1 Å².